The van der Waals surface area contributed by atoms with E-state index in [1.54, 1.807) is 31.2 Å². The van der Waals surface area contributed by atoms with Crippen molar-refractivity contribution in [2.45, 2.75) is 16.7 Å². The van der Waals surface area contributed by atoms with Crippen LogP contribution in [0.4, 0.5) is 5.69 Å². The summed E-state index contributed by atoms with van der Waals surface area (Å²) in [5.74, 6) is 0. The van der Waals surface area contributed by atoms with E-state index < -0.39 is 20.0 Å². The topological polar surface area (TPSA) is 92.3 Å². The number of benzene rings is 2. The third-order valence-electron chi connectivity index (χ3n) is 3.08. The number of hydrogen-bond acceptors (Lipinski definition) is 4. The Morgan fingerprint density at radius 1 is 0.818 bits per heavy atom. The summed E-state index contributed by atoms with van der Waals surface area (Å²) in [6.45, 7) is 1.78. The van der Waals surface area contributed by atoms with Gasteiger partial charge in [-0.15, -0.1) is 0 Å². The number of aryl methyl sites for hydroxylation is 1. The first kappa shape index (κ1) is 16.5. The van der Waals surface area contributed by atoms with Gasteiger partial charge in [-0.2, -0.15) is 0 Å². The van der Waals surface area contributed by atoms with E-state index >= 15 is 0 Å². The van der Waals surface area contributed by atoms with E-state index in [1.165, 1.54) is 25.2 Å². The molecule has 0 aliphatic rings. The average molecular weight is 340 g/mol. The molecule has 8 heteroatoms. The van der Waals surface area contributed by atoms with E-state index in [2.05, 4.69) is 9.44 Å². The van der Waals surface area contributed by atoms with E-state index in [0.29, 0.717) is 5.69 Å². The highest BCUT2D eigenvalue weighted by Gasteiger charge is 2.19. The van der Waals surface area contributed by atoms with Crippen LogP contribution in [0.3, 0.4) is 0 Å². The number of anilines is 1. The zero-order chi connectivity index (χ0) is 16.4. The first-order valence-corrected chi connectivity index (χ1v) is 9.35. The van der Waals surface area contributed by atoms with Crippen molar-refractivity contribution in [3.8, 4) is 0 Å². The van der Waals surface area contributed by atoms with Gasteiger partial charge in [0, 0.05) is 0 Å². The Morgan fingerprint density at radius 2 is 1.41 bits per heavy atom. The largest absolute Gasteiger partial charge is 0.279 e. The fraction of sp³-hybridized carbons (Fsp3) is 0.143. The van der Waals surface area contributed by atoms with Gasteiger partial charge in [0.15, 0.2) is 0 Å². The highest BCUT2D eigenvalue weighted by molar-refractivity contribution is 7.93. The van der Waals surface area contributed by atoms with E-state index in [0.717, 1.165) is 11.6 Å². The molecule has 0 unspecified atom stereocenters. The lowest BCUT2D eigenvalue weighted by molar-refractivity contribution is 0.588. The molecule has 2 aromatic carbocycles. The Labute approximate surface area is 130 Å². The minimum Gasteiger partial charge on any atom is -0.279 e. The molecule has 118 valence electrons. The van der Waals surface area contributed by atoms with E-state index in [-0.39, 0.29) is 9.79 Å². The summed E-state index contributed by atoms with van der Waals surface area (Å²) in [6.07, 6.45) is 0. The van der Waals surface area contributed by atoms with Gasteiger partial charge >= 0.3 is 0 Å². The maximum Gasteiger partial charge on any atom is 0.261 e. The van der Waals surface area contributed by atoms with Crippen LogP contribution in [-0.2, 0) is 20.0 Å². The summed E-state index contributed by atoms with van der Waals surface area (Å²) < 4.78 is 52.9. The zero-order valence-electron chi connectivity index (χ0n) is 12.1. The molecule has 2 rings (SSSR count). The molecule has 0 spiro atoms. The van der Waals surface area contributed by atoms with Crippen molar-refractivity contribution in [1.82, 2.24) is 4.72 Å². The molecule has 22 heavy (non-hydrogen) atoms. The van der Waals surface area contributed by atoms with Crippen LogP contribution >= 0.6 is 0 Å². The van der Waals surface area contributed by atoms with E-state index in [9.17, 15) is 16.8 Å². The molecule has 2 N–H and O–H groups in total. The van der Waals surface area contributed by atoms with Crippen LogP contribution in [0.2, 0.25) is 0 Å². The van der Waals surface area contributed by atoms with Gasteiger partial charge in [-0.25, -0.2) is 21.6 Å². The first-order valence-electron chi connectivity index (χ1n) is 6.38. The van der Waals surface area contributed by atoms with Crippen LogP contribution in [0.1, 0.15) is 5.56 Å². The van der Waals surface area contributed by atoms with Crippen molar-refractivity contribution in [2.75, 3.05) is 11.8 Å². The predicted octanol–water partition coefficient (Wildman–Crippen LogP) is 1.70. The van der Waals surface area contributed by atoms with Crippen molar-refractivity contribution >= 4 is 25.7 Å². The Morgan fingerprint density at radius 3 is 2.00 bits per heavy atom. The third-order valence-corrected chi connectivity index (χ3v) is 5.86. The van der Waals surface area contributed by atoms with Crippen molar-refractivity contribution in [2.24, 2.45) is 0 Å². The lowest BCUT2D eigenvalue weighted by Gasteiger charge is -2.11. The monoisotopic (exact) mass is 340 g/mol. The number of para-hydroxylation sites is 1. The average Bonchev–Trinajstić information content (AvgIpc) is 2.49. The third kappa shape index (κ3) is 3.46. The highest BCUT2D eigenvalue weighted by Crippen LogP contribution is 2.21. The highest BCUT2D eigenvalue weighted by atomic mass is 32.2. The quantitative estimate of drug-likeness (QED) is 0.866. The Bertz CT molecular complexity index is 891. The molecule has 0 saturated heterocycles. The number of hydrogen-bond donors (Lipinski definition) is 2. The molecule has 0 amide bonds. The van der Waals surface area contributed by atoms with Crippen LogP contribution in [-0.4, -0.2) is 23.9 Å². The molecule has 0 saturated carbocycles. The van der Waals surface area contributed by atoms with Crippen molar-refractivity contribution < 1.29 is 16.8 Å². The van der Waals surface area contributed by atoms with Gasteiger partial charge < -0.3 is 0 Å². The van der Waals surface area contributed by atoms with Gasteiger partial charge in [-0.3, -0.25) is 4.72 Å². The van der Waals surface area contributed by atoms with Gasteiger partial charge in [0.2, 0.25) is 10.0 Å². The standard InChI is InChI=1S/C14H16N2O4S2/c1-11-6-3-4-9-14(11)16-22(19,20)13-8-5-7-12(10-13)21(17,18)15-2/h3-10,15-16H,1-2H3. The summed E-state index contributed by atoms with van der Waals surface area (Å²) in [5.41, 5.74) is 1.22. The zero-order valence-corrected chi connectivity index (χ0v) is 13.7. The number of rotatable bonds is 5. The van der Waals surface area contributed by atoms with E-state index in [4.69, 9.17) is 0 Å². The molecule has 0 bridgehead atoms. The van der Waals surface area contributed by atoms with Crippen molar-refractivity contribution in [1.29, 1.82) is 0 Å². The molecular formula is C14H16N2O4S2. The second kappa shape index (κ2) is 6.07. The summed E-state index contributed by atoms with van der Waals surface area (Å²) in [6, 6.07) is 12.1. The molecule has 0 atom stereocenters. The maximum atomic E-state index is 12.4. The Balaban J connectivity index is 2.43. The van der Waals surface area contributed by atoms with Crippen molar-refractivity contribution in [3.63, 3.8) is 0 Å². The second-order valence-electron chi connectivity index (χ2n) is 4.60. The van der Waals surface area contributed by atoms with Gasteiger partial charge in [0.1, 0.15) is 0 Å². The molecule has 2 aromatic rings. The lowest BCUT2D eigenvalue weighted by atomic mass is 10.2. The molecule has 0 aliphatic heterocycles. The van der Waals surface area contributed by atoms with Gasteiger partial charge in [0.05, 0.1) is 15.5 Å². The summed E-state index contributed by atoms with van der Waals surface area (Å²) in [4.78, 5) is -0.227. The Hall–Kier alpha value is -1.90. The summed E-state index contributed by atoms with van der Waals surface area (Å²) >= 11 is 0. The smallest absolute Gasteiger partial charge is 0.261 e. The van der Waals surface area contributed by atoms with Crippen LogP contribution in [0, 0.1) is 6.92 Å². The lowest BCUT2D eigenvalue weighted by Crippen LogP contribution is -2.19. The van der Waals surface area contributed by atoms with Gasteiger partial charge in [0.25, 0.3) is 10.0 Å². The number of sulfonamides is 2. The van der Waals surface area contributed by atoms with E-state index in [1.807, 2.05) is 0 Å². The van der Waals surface area contributed by atoms with Crippen LogP contribution in [0.25, 0.3) is 0 Å². The number of nitrogens with one attached hydrogen (secondary N) is 2. The molecule has 0 aliphatic carbocycles. The van der Waals surface area contributed by atoms with Crippen molar-refractivity contribution in [3.05, 3.63) is 54.1 Å². The molecule has 0 aromatic heterocycles. The Kier molecular flexibility index (Phi) is 4.55. The molecule has 0 fully saturated rings. The molecule has 6 nitrogen and oxygen atoms in total. The second-order valence-corrected chi connectivity index (χ2v) is 8.17. The minimum atomic E-state index is -3.87. The molecule has 0 heterocycles. The van der Waals surface area contributed by atoms with Gasteiger partial charge in [-0.1, -0.05) is 24.3 Å². The normalized spacial score (nSPS) is 12.1. The van der Waals surface area contributed by atoms with Crippen LogP contribution < -0.4 is 9.44 Å². The van der Waals surface area contributed by atoms with Crippen LogP contribution in [0.5, 0.6) is 0 Å². The van der Waals surface area contributed by atoms with Crippen LogP contribution in [0.15, 0.2) is 58.3 Å². The van der Waals surface area contributed by atoms with Gasteiger partial charge in [-0.05, 0) is 43.8 Å². The first-order chi connectivity index (χ1) is 10.3. The fourth-order valence-corrected chi connectivity index (χ4v) is 3.84. The minimum absolute atomic E-state index is 0.109. The summed E-state index contributed by atoms with van der Waals surface area (Å²) in [7, 11) is -6.31. The molecular weight excluding hydrogens is 324 g/mol. The SMILES string of the molecule is CNS(=O)(=O)c1cccc(S(=O)(=O)Nc2ccccc2C)c1. The maximum absolute atomic E-state index is 12.4. The molecule has 0 radical (unpaired) electrons. The predicted molar refractivity (Wildman–Crippen MR) is 84.7 cm³/mol. The summed E-state index contributed by atoms with van der Waals surface area (Å²) in [5, 5.41) is 0. The fourth-order valence-electron chi connectivity index (χ4n) is 1.82.